The van der Waals surface area contributed by atoms with Gasteiger partial charge in [0.25, 0.3) is 0 Å². The van der Waals surface area contributed by atoms with Gasteiger partial charge in [-0.05, 0) is 31.0 Å². The van der Waals surface area contributed by atoms with Gasteiger partial charge < -0.3 is 15.6 Å². The first kappa shape index (κ1) is 16.6. The van der Waals surface area contributed by atoms with Crippen molar-refractivity contribution >= 4 is 23.4 Å². The van der Waals surface area contributed by atoms with E-state index < -0.39 is 0 Å². The van der Waals surface area contributed by atoms with Crippen LogP contribution < -0.4 is 10.7 Å². The molecule has 1 aliphatic heterocycles. The number of nitrogens with two attached hydrogens (primary N) is 1. The molecule has 8 heteroatoms. The van der Waals surface area contributed by atoms with Crippen LogP contribution in [0.5, 0.6) is 0 Å². The molecule has 0 unspecified atom stereocenters. The van der Waals surface area contributed by atoms with Crippen LogP contribution in [-0.2, 0) is 4.79 Å². The number of aryl methyl sites for hydroxylation is 1. The molecule has 0 atom stereocenters. The van der Waals surface area contributed by atoms with Gasteiger partial charge >= 0.3 is 0 Å². The highest BCUT2D eigenvalue weighted by Gasteiger charge is 2.22. The van der Waals surface area contributed by atoms with Gasteiger partial charge in [0.15, 0.2) is 0 Å². The van der Waals surface area contributed by atoms with Crippen LogP contribution in [0.15, 0.2) is 29.7 Å². The van der Waals surface area contributed by atoms with Gasteiger partial charge in [-0.15, -0.1) is 10.2 Å². The molecular weight excluding hydrogens is 324 g/mol. The normalized spacial score (nSPS) is 14.9. The van der Waals surface area contributed by atoms with Gasteiger partial charge in [0.2, 0.25) is 11.1 Å². The quantitative estimate of drug-likeness (QED) is 0.658. The molecule has 0 bridgehead atoms. The molecule has 1 aromatic heterocycles. The fourth-order valence-electron chi connectivity index (χ4n) is 2.83. The van der Waals surface area contributed by atoms with Crippen LogP contribution in [0.4, 0.5) is 5.69 Å². The molecule has 1 amide bonds. The molecule has 1 fully saturated rings. The number of anilines is 1. The molecule has 1 saturated heterocycles. The molecule has 1 aliphatic rings. The Hall–Kier alpha value is -2.22. The lowest BCUT2D eigenvalue weighted by Gasteiger charge is -2.37. The number of aromatic nitrogens is 3. The Bertz CT molecular complexity index is 723. The van der Waals surface area contributed by atoms with Crippen molar-refractivity contribution in [1.82, 2.24) is 19.8 Å². The van der Waals surface area contributed by atoms with Crippen LogP contribution in [0.1, 0.15) is 11.1 Å². The van der Waals surface area contributed by atoms with E-state index in [1.165, 1.54) is 39.6 Å². The molecule has 0 spiro atoms. The minimum absolute atomic E-state index is 0.114. The Balaban J connectivity index is 1.54. The maximum absolute atomic E-state index is 12.4. The van der Waals surface area contributed by atoms with E-state index in [2.05, 4.69) is 47.1 Å². The number of amides is 1. The van der Waals surface area contributed by atoms with Crippen molar-refractivity contribution in [1.29, 1.82) is 0 Å². The fourth-order valence-corrected chi connectivity index (χ4v) is 3.56. The summed E-state index contributed by atoms with van der Waals surface area (Å²) in [6.45, 7) is 7.47. The Labute approximate surface area is 145 Å². The molecule has 2 aromatic rings. The average molecular weight is 346 g/mol. The van der Waals surface area contributed by atoms with Crippen LogP contribution in [0, 0.1) is 13.8 Å². The molecule has 0 radical (unpaired) electrons. The topological polar surface area (TPSA) is 80.3 Å². The number of nitrogens with zero attached hydrogens (tertiary/aromatic N) is 5. The summed E-state index contributed by atoms with van der Waals surface area (Å²) in [5.41, 5.74) is 3.89. The standard InChI is InChI=1S/C16H22N6OS/c1-12-4-3-5-14(13(12)2)20-6-8-21(9-7-20)15(23)10-24-16-19-18-11-22(16)17/h3-5,11H,6-10,17H2,1-2H3. The van der Waals surface area contributed by atoms with E-state index in [4.69, 9.17) is 5.84 Å². The largest absolute Gasteiger partial charge is 0.368 e. The summed E-state index contributed by atoms with van der Waals surface area (Å²) in [5, 5.41) is 8.13. The van der Waals surface area contributed by atoms with E-state index in [9.17, 15) is 4.79 Å². The predicted molar refractivity (Wildman–Crippen MR) is 95.6 cm³/mol. The number of carbonyl (C=O) groups excluding carboxylic acids is 1. The molecule has 2 N–H and O–H groups in total. The van der Waals surface area contributed by atoms with Gasteiger partial charge in [-0.3, -0.25) is 4.79 Å². The van der Waals surface area contributed by atoms with Gasteiger partial charge in [-0.2, -0.15) is 0 Å². The Kier molecular flexibility index (Phi) is 4.94. The second-order valence-electron chi connectivity index (χ2n) is 5.90. The van der Waals surface area contributed by atoms with Gasteiger partial charge in [0, 0.05) is 31.9 Å². The maximum Gasteiger partial charge on any atom is 0.233 e. The summed E-state index contributed by atoms with van der Waals surface area (Å²) in [7, 11) is 0. The smallest absolute Gasteiger partial charge is 0.233 e. The zero-order valence-corrected chi connectivity index (χ0v) is 14.8. The molecular formula is C16H22N6OS. The number of thioether (sulfide) groups is 1. The number of hydrogen-bond donors (Lipinski definition) is 1. The van der Waals surface area contributed by atoms with E-state index in [1.807, 2.05) is 4.90 Å². The second-order valence-corrected chi connectivity index (χ2v) is 6.84. The molecule has 3 rings (SSSR count). The number of carbonyl (C=O) groups is 1. The Morgan fingerprint density at radius 2 is 2.00 bits per heavy atom. The van der Waals surface area contributed by atoms with Crippen molar-refractivity contribution < 1.29 is 4.79 Å². The third-order valence-corrected chi connectivity index (χ3v) is 5.36. The highest BCUT2D eigenvalue weighted by Crippen LogP contribution is 2.24. The summed E-state index contributed by atoms with van der Waals surface area (Å²) < 4.78 is 1.33. The van der Waals surface area contributed by atoms with Crippen molar-refractivity contribution in [3.63, 3.8) is 0 Å². The van der Waals surface area contributed by atoms with Crippen LogP contribution in [0.3, 0.4) is 0 Å². The zero-order valence-electron chi connectivity index (χ0n) is 14.0. The van der Waals surface area contributed by atoms with E-state index in [0.29, 0.717) is 10.9 Å². The first-order chi connectivity index (χ1) is 11.6. The molecule has 0 aliphatic carbocycles. The van der Waals surface area contributed by atoms with Crippen molar-refractivity contribution in [2.45, 2.75) is 19.0 Å². The third kappa shape index (κ3) is 3.48. The average Bonchev–Trinajstić information content (AvgIpc) is 3.00. The predicted octanol–water partition coefficient (Wildman–Crippen LogP) is 1.05. The number of piperazine rings is 1. The lowest BCUT2D eigenvalue weighted by molar-refractivity contribution is -0.128. The minimum atomic E-state index is 0.114. The Morgan fingerprint density at radius 3 is 2.67 bits per heavy atom. The zero-order chi connectivity index (χ0) is 17.1. The van der Waals surface area contributed by atoms with E-state index in [1.54, 1.807) is 0 Å². The minimum Gasteiger partial charge on any atom is -0.368 e. The molecule has 128 valence electrons. The van der Waals surface area contributed by atoms with E-state index >= 15 is 0 Å². The Morgan fingerprint density at radius 1 is 1.25 bits per heavy atom. The molecule has 0 saturated carbocycles. The van der Waals surface area contributed by atoms with E-state index in [0.717, 1.165) is 26.2 Å². The van der Waals surface area contributed by atoms with Crippen molar-refractivity contribution in [2.75, 3.05) is 42.7 Å². The highest BCUT2D eigenvalue weighted by atomic mass is 32.2. The number of benzene rings is 1. The molecule has 1 aromatic carbocycles. The van der Waals surface area contributed by atoms with Crippen molar-refractivity contribution in [2.24, 2.45) is 0 Å². The van der Waals surface area contributed by atoms with E-state index in [-0.39, 0.29) is 5.91 Å². The number of rotatable bonds is 4. The highest BCUT2D eigenvalue weighted by molar-refractivity contribution is 7.99. The first-order valence-corrected chi connectivity index (χ1v) is 8.91. The summed E-state index contributed by atoms with van der Waals surface area (Å²) in [5.74, 6) is 6.10. The van der Waals surface area contributed by atoms with Gasteiger partial charge in [0.1, 0.15) is 6.33 Å². The van der Waals surface area contributed by atoms with Gasteiger partial charge in [-0.25, -0.2) is 4.68 Å². The summed E-state index contributed by atoms with van der Waals surface area (Å²) >= 11 is 1.32. The van der Waals surface area contributed by atoms with Crippen LogP contribution in [0.25, 0.3) is 0 Å². The first-order valence-electron chi connectivity index (χ1n) is 7.93. The number of nitrogen functional groups attached to an aromatic ring is 1. The van der Waals surface area contributed by atoms with Crippen molar-refractivity contribution in [3.05, 3.63) is 35.7 Å². The summed E-state index contributed by atoms with van der Waals surface area (Å²) in [6.07, 6.45) is 1.43. The monoisotopic (exact) mass is 346 g/mol. The second kappa shape index (κ2) is 7.12. The van der Waals surface area contributed by atoms with Gasteiger partial charge in [-0.1, -0.05) is 23.9 Å². The number of hydrogen-bond acceptors (Lipinski definition) is 6. The summed E-state index contributed by atoms with van der Waals surface area (Å²) in [6, 6.07) is 6.38. The molecule has 7 nitrogen and oxygen atoms in total. The SMILES string of the molecule is Cc1cccc(N2CCN(C(=O)CSc3nncn3N)CC2)c1C. The van der Waals surface area contributed by atoms with Crippen LogP contribution in [-0.4, -0.2) is 57.6 Å². The van der Waals surface area contributed by atoms with Crippen LogP contribution in [0.2, 0.25) is 0 Å². The molecule has 24 heavy (non-hydrogen) atoms. The third-order valence-electron chi connectivity index (χ3n) is 4.41. The molecule has 2 heterocycles. The summed E-state index contributed by atoms with van der Waals surface area (Å²) in [4.78, 5) is 16.6. The van der Waals surface area contributed by atoms with Crippen LogP contribution >= 0.6 is 11.8 Å². The fraction of sp³-hybridized carbons (Fsp3) is 0.438. The lowest BCUT2D eigenvalue weighted by atomic mass is 10.1. The maximum atomic E-state index is 12.4. The van der Waals surface area contributed by atoms with Crippen molar-refractivity contribution in [3.8, 4) is 0 Å². The van der Waals surface area contributed by atoms with Gasteiger partial charge in [0.05, 0.1) is 5.75 Å². The lowest BCUT2D eigenvalue weighted by Crippen LogP contribution is -2.49.